The maximum Gasteiger partial charge on any atom is 0.266 e. The second kappa shape index (κ2) is 7.98. The number of hydrogen-bond donors (Lipinski definition) is 1. The molecule has 1 aliphatic heterocycles. The lowest BCUT2D eigenvalue weighted by Crippen LogP contribution is -2.35. The van der Waals surface area contributed by atoms with Crippen molar-refractivity contribution in [1.29, 1.82) is 0 Å². The Morgan fingerprint density at radius 3 is 2.54 bits per heavy atom. The molecule has 0 radical (unpaired) electrons. The molecule has 1 saturated heterocycles. The number of aromatic hydroxyl groups is 1. The number of para-hydroxylation sites is 1. The van der Waals surface area contributed by atoms with E-state index in [0.717, 1.165) is 10.2 Å². The average molecular weight is 496 g/mol. The zero-order valence-electron chi connectivity index (χ0n) is 14.1. The maximum atomic E-state index is 12.9. The first-order valence-corrected chi connectivity index (χ1v) is 10.3. The Labute approximate surface area is 173 Å². The molecule has 0 unspecified atom stereocenters. The summed E-state index contributed by atoms with van der Waals surface area (Å²) in [5, 5.41) is 10.9. The molecule has 1 amide bonds. The highest BCUT2D eigenvalue weighted by Gasteiger charge is 2.35. The van der Waals surface area contributed by atoms with Gasteiger partial charge in [-0.3, -0.25) is 9.69 Å². The lowest BCUT2D eigenvalue weighted by atomic mass is 10.2. The number of hydrogen-bond acceptors (Lipinski definition) is 4. The summed E-state index contributed by atoms with van der Waals surface area (Å²) in [5.41, 5.74) is 1.36. The molecule has 1 fully saturated rings. The monoisotopic (exact) mass is 494 g/mol. The lowest BCUT2D eigenvalue weighted by Gasteiger charge is -2.19. The fourth-order valence-corrected chi connectivity index (χ4v) is 4.84. The van der Waals surface area contributed by atoms with E-state index in [-0.39, 0.29) is 17.7 Å². The van der Waals surface area contributed by atoms with E-state index in [9.17, 15) is 9.90 Å². The van der Waals surface area contributed by atoms with Crippen molar-refractivity contribution in [2.75, 3.05) is 0 Å². The predicted octanol–water partition coefficient (Wildman–Crippen LogP) is 5.93. The molecule has 4 nitrogen and oxygen atoms in total. The smallest absolute Gasteiger partial charge is 0.266 e. The number of amidine groups is 1. The van der Waals surface area contributed by atoms with Crippen molar-refractivity contribution in [2.45, 2.75) is 19.9 Å². The van der Waals surface area contributed by atoms with Crippen LogP contribution >= 0.6 is 43.6 Å². The summed E-state index contributed by atoms with van der Waals surface area (Å²) in [7, 11) is 0. The summed E-state index contributed by atoms with van der Waals surface area (Å²) in [5.74, 6) is -0.0196. The van der Waals surface area contributed by atoms with Crippen LogP contribution < -0.4 is 0 Å². The van der Waals surface area contributed by atoms with E-state index in [2.05, 4.69) is 36.9 Å². The molecule has 0 atom stereocenters. The van der Waals surface area contributed by atoms with Crippen LogP contribution in [0.5, 0.6) is 5.75 Å². The minimum Gasteiger partial charge on any atom is -0.506 e. The molecule has 2 aromatic carbocycles. The lowest BCUT2D eigenvalue weighted by molar-refractivity contribution is -0.123. The number of aliphatic imine (C=N–C) groups is 1. The second-order valence-corrected chi connectivity index (χ2v) is 8.71. The number of amides is 1. The number of carbonyl (C=O) groups is 1. The Bertz CT molecular complexity index is 911. The Balaban J connectivity index is 2.03. The largest absolute Gasteiger partial charge is 0.506 e. The van der Waals surface area contributed by atoms with Crippen LogP contribution in [0.15, 0.2) is 61.3 Å². The number of rotatable bonds is 3. The molecule has 0 aliphatic carbocycles. The van der Waals surface area contributed by atoms with Gasteiger partial charge in [-0.05, 0) is 71.9 Å². The molecule has 3 rings (SSSR count). The maximum absolute atomic E-state index is 12.9. The van der Waals surface area contributed by atoms with E-state index in [0.29, 0.717) is 20.1 Å². The normalized spacial score (nSPS) is 17.7. The highest BCUT2D eigenvalue weighted by Crippen LogP contribution is 2.39. The summed E-state index contributed by atoms with van der Waals surface area (Å²) < 4.78 is 1.37. The van der Waals surface area contributed by atoms with Gasteiger partial charge in [0.1, 0.15) is 5.75 Å². The van der Waals surface area contributed by atoms with Crippen molar-refractivity contribution in [2.24, 2.45) is 4.99 Å². The Morgan fingerprint density at radius 1 is 1.19 bits per heavy atom. The summed E-state index contributed by atoms with van der Waals surface area (Å²) in [6, 6.07) is 13.0. The molecule has 1 heterocycles. The van der Waals surface area contributed by atoms with E-state index >= 15 is 0 Å². The molecule has 0 bridgehead atoms. The highest BCUT2D eigenvalue weighted by atomic mass is 79.9. The number of phenolic OH excluding ortho intramolecular Hbond substituents is 1. The van der Waals surface area contributed by atoms with Crippen LogP contribution in [-0.4, -0.2) is 27.1 Å². The Kier molecular flexibility index (Phi) is 5.89. The third-order valence-corrected chi connectivity index (χ3v) is 5.72. The van der Waals surface area contributed by atoms with Gasteiger partial charge in [-0.2, -0.15) is 0 Å². The van der Waals surface area contributed by atoms with Gasteiger partial charge in [0.2, 0.25) is 0 Å². The zero-order valence-corrected chi connectivity index (χ0v) is 18.1. The van der Waals surface area contributed by atoms with Crippen molar-refractivity contribution in [3.63, 3.8) is 0 Å². The SMILES string of the molecule is CC(C)N1C(=O)/C(=C\c2cc(Br)cc(Br)c2O)SC1=Nc1ccccc1. The average Bonchev–Trinajstić information content (AvgIpc) is 2.88. The molecule has 0 spiro atoms. The van der Waals surface area contributed by atoms with Crippen LogP contribution in [0.1, 0.15) is 19.4 Å². The van der Waals surface area contributed by atoms with E-state index in [1.54, 1.807) is 23.1 Å². The molecule has 0 aromatic heterocycles. The Morgan fingerprint density at radius 2 is 1.88 bits per heavy atom. The van der Waals surface area contributed by atoms with Crippen LogP contribution in [0.2, 0.25) is 0 Å². The molecule has 134 valence electrons. The van der Waals surface area contributed by atoms with Gasteiger partial charge in [-0.25, -0.2) is 4.99 Å². The minimum atomic E-state index is -0.116. The summed E-state index contributed by atoms with van der Waals surface area (Å²) in [6.45, 7) is 3.91. The van der Waals surface area contributed by atoms with Crippen molar-refractivity contribution in [1.82, 2.24) is 4.90 Å². The van der Waals surface area contributed by atoms with Gasteiger partial charge in [-0.15, -0.1) is 0 Å². The van der Waals surface area contributed by atoms with Crippen LogP contribution in [0.25, 0.3) is 6.08 Å². The number of phenols is 1. The third kappa shape index (κ3) is 4.05. The zero-order chi connectivity index (χ0) is 18.8. The topological polar surface area (TPSA) is 52.9 Å². The fourth-order valence-electron chi connectivity index (χ4n) is 2.47. The molecule has 1 N–H and O–H groups in total. The van der Waals surface area contributed by atoms with Gasteiger partial charge < -0.3 is 5.11 Å². The highest BCUT2D eigenvalue weighted by molar-refractivity contribution is 9.11. The molecule has 2 aromatic rings. The van der Waals surface area contributed by atoms with Gasteiger partial charge in [0, 0.05) is 16.1 Å². The minimum absolute atomic E-state index is 0.0220. The van der Waals surface area contributed by atoms with Crippen LogP contribution in [-0.2, 0) is 4.79 Å². The van der Waals surface area contributed by atoms with Gasteiger partial charge in [-0.1, -0.05) is 34.1 Å². The number of benzene rings is 2. The summed E-state index contributed by atoms with van der Waals surface area (Å²) in [6.07, 6.45) is 1.70. The molecule has 0 saturated carbocycles. The van der Waals surface area contributed by atoms with Crippen LogP contribution in [0.4, 0.5) is 5.69 Å². The molecule has 7 heteroatoms. The first-order valence-electron chi connectivity index (χ1n) is 7.91. The number of thioether (sulfide) groups is 1. The first kappa shape index (κ1) is 19.2. The van der Waals surface area contributed by atoms with Gasteiger partial charge >= 0.3 is 0 Å². The van der Waals surface area contributed by atoms with Gasteiger partial charge in [0.15, 0.2) is 5.17 Å². The second-order valence-electron chi connectivity index (χ2n) is 5.93. The van der Waals surface area contributed by atoms with E-state index < -0.39 is 0 Å². The fraction of sp³-hybridized carbons (Fsp3) is 0.158. The quantitative estimate of drug-likeness (QED) is 0.537. The molecular weight excluding hydrogens is 480 g/mol. The van der Waals surface area contributed by atoms with Gasteiger partial charge in [0.05, 0.1) is 15.1 Å². The van der Waals surface area contributed by atoms with E-state index in [4.69, 9.17) is 0 Å². The molecule has 26 heavy (non-hydrogen) atoms. The van der Waals surface area contributed by atoms with Crippen molar-refractivity contribution < 1.29 is 9.90 Å². The first-order chi connectivity index (χ1) is 12.4. The summed E-state index contributed by atoms with van der Waals surface area (Å²) >= 11 is 8.04. The van der Waals surface area contributed by atoms with E-state index in [1.165, 1.54) is 11.8 Å². The van der Waals surface area contributed by atoms with Crippen LogP contribution in [0, 0.1) is 0 Å². The third-order valence-electron chi connectivity index (χ3n) is 3.68. The van der Waals surface area contributed by atoms with Crippen molar-refractivity contribution >= 4 is 66.5 Å². The summed E-state index contributed by atoms with van der Waals surface area (Å²) in [4.78, 5) is 19.7. The van der Waals surface area contributed by atoms with Crippen molar-refractivity contribution in [3.05, 3.63) is 61.9 Å². The number of carbonyl (C=O) groups excluding carboxylic acids is 1. The number of nitrogens with zero attached hydrogens (tertiary/aromatic N) is 2. The van der Waals surface area contributed by atoms with Crippen LogP contribution in [0.3, 0.4) is 0 Å². The number of halogens is 2. The predicted molar refractivity (Wildman–Crippen MR) is 115 cm³/mol. The van der Waals surface area contributed by atoms with Crippen molar-refractivity contribution in [3.8, 4) is 5.75 Å². The Hall–Kier alpha value is -1.57. The molecule has 1 aliphatic rings. The molecular formula is C19H16Br2N2O2S. The van der Waals surface area contributed by atoms with Gasteiger partial charge in [0.25, 0.3) is 5.91 Å². The van der Waals surface area contributed by atoms with E-state index in [1.807, 2.05) is 44.2 Å². The standard InChI is InChI=1S/C19H16Br2N2O2S/c1-11(2)23-18(25)16(9-12-8-13(20)10-15(21)17(12)24)26-19(23)22-14-6-4-3-5-7-14/h3-11,24H,1-2H3/b16-9+,22-19?.